The Morgan fingerprint density at radius 3 is 2.93 bits per heavy atom. The van der Waals surface area contributed by atoms with E-state index in [-0.39, 0.29) is 0 Å². The minimum absolute atomic E-state index is 0.342. The molecule has 1 spiro atoms. The zero-order valence-electron chi connectivity index (χ0n) is 8.95. The zero-order valence-corrected chi connectivity index (χ0v) is 8.95. The standard InChI is InChI=1S/C12H16N2O/c1-14-8-12(4-5-12)7-13-10-3-2-9(15)6-11(10)14/h2-3,6,13,15H,4-5,7-8H2,1H3. The summed E-state index contributed by atoms with van der Waals surface area (Å²) >= 11 is 0. The molecule has 2 N–H and O–H groups in total. The molecule has 1 aromatic rings. The van der Waals surface area contributed by atoms with E-state index in [0.717, 1.165) is 24.5 Å². The number of anilines is 2. The first-order valence-corrected chi connectivity index (χ1v) is 5.47. The van der Waals surface area contributed by atoms with Gasteiger partial charge in [-0.15, -0.1) is 0 Å². The molecule has 1 saturated carbocycles. The highest BCUT2D eigenvalue weighted by atomic mass is 16.3. The van der Waals surface area contributed by atoms with E-state index in [4.69, 9.17) is 0 Å². The molecule has 3 nitrogen and oxygen atoms in total. The number of benzene rings is 1. The predicted molar refractivity (Wildman–Crippen MR) is 61.5 cm³/mol. The Hall–Kier alpha value is -1.38. The van der Waals surface area contributed by atoms with E-state index >= 15 is 0 Å². The van der Waals surface area contributed by atoms with Crippen LogP contribution in [0.4, 0.5) is 11.4 Å². The molecular weight excluding hydrogens is 188 g/mol. The number of aromatic hydroxyl groups is 1. The summed E-state index contributed by atoms with van der Waals surface area (Å²) in [5.74, 6) is 0.342. The monoisotopic (exact) mass is 204 g/mol. The van der Waals surface area contributed by atoms with Crippen LogP contribution in [-0.2, 0) is 0 Å². The second-order valence-electron chi connectivity index (χ2n) is 4.91. The Morgan fingerprint density at radius 1 is 1.40 bits per heavy atom. The van der Waals surface area contributed by atoms with Gasteiger partial charge in [0.2, 0.25) is 0 Å². The van der Waals surface area contributed by atoms with E-state index in [9.17, 15) is 5.11 Å². The summed E-state index contributed by atoms with van der Waals surface area (Å²) in [6.07, 6.45) is 2.65. The smallest absolute Gasteiger partial charge is 0.117 e. The Morgan fingerprint density at radius 2 is 2.20 bits per heavy atom. The van der Waals surface area contributed by atoms with Gasteiger partial charge in [0, 0.05) is 31.6 Å². The van der Waals surface area contributed by atoms with E-state index in [0.29, 0.717) is 11.2 Å². The number of nitrogens with zero attached hydrogens (tertiary/aromatic N) is 1. The first kappa shape index (κ1) is 8.89. The molecule has 0 radical (unpaired) electrons. The van der Waals surface area contributed by atoms with Crippen molar-refractivity contribution in [3.05, 3.63) is 18.2 Å². The van der Waals surface area contributed by atoms with Crippen LogP contribution in [0, 0.1) is 5.41 Å². The third kappa shape index (κ3) is 1.42. The highest BCUT2D eigenvalue weighted by Gasteiger charge is 2.44. The van der Waals surface area contributed by atoms with Gasteiger partial charge < -0.3 is 15.3 Å². The number of phenolic OH excluding ortho intramolecular Hbond substituents is 1. The van der Waals surface area contributed by atoms with Crippen LogP contribution in [0.15, 0.2) is 18.2 Å². The van der Waals surface area contributed by atoms with Crippen molar-refractivity contribution in [3.63, 3.8) is 0 Å². The highest BCUT2D eigenvalue weighted by molar-refractivity contribution is 5.72. The van der Waals surface area contributed by atoms with Gasteiger partial charge >= 0.3 is 0 Å². The molecule has 15 heavy (non-hydrogen) atoms. The fourth-order valence-electron chi connectivity index (χ4n) is 2.42. The summed E-state index contributed by atoms with van der Waals surface area (Å²) in [5, 5.41) is 13.0. The topological polar surface area (TPSA) is 35.5 Å². The first-order valence-electron chi connectivity index (χ1n) is 5.47. The van der Waals surface area contributed by atoms with Crippen molar-refractivity contribution in [3.8, 4) is 5.75 Å². The van der Waals surface area contributed by atoms with Crippen molar-refractivity contribution in [1.29, 1.82) is 0 Å². The number of nitrogens with one attached hydrogen (secondary N) is 1. The molecule has 0 amide bonds. The van der Waals surface area contributed by atoms with Gasteiger partial charge in [-0.3, -0.25) is 0 Å². The molecule has 0 unspecified atom stereocenters. The molecule has 0 saturated heterocycles. The van der Waals surface area contributed by atoms with Gasteiger partial charge in [0.05, 0.1) is 11.4 Å². The van der Waals surface area contributed by atoms with Gasteiger partial charge in [-0.2, -0.15) is 0 Å². The molecule has 1 aliphatic carbocycles. The van der Waals surface area contributed by atoms with Crippen molar-refractivity contribution in [2.75, 3.05) is 30.4 Å². The molecule has 0 atom stereocenters. The van der Waals surface area contributed by atoms with Gasteiger partial charge in [0.25, 0.3) is 0 Å². The molecule has 3 rings (SSSR count). The maximum atomic E-state index is 9.49. The van der Waals surface area contributed by atoms with E-state index in [1.165, 1.54) is 12.8 Å². The average Bonchev–Trinajstić information content (AvgIpc) is 2.97. The fraction of sp³-hybridized carbons (Fsp3) is 0.500. The Bertz CT molecular complexity index is 399. The second-order valence-corrected chi connectivity index (χ2v) is 4.91. The molecule has 0 aromatic heterocycles. The maximum absolute atomic E-state index is 9.49. The SMILES string of the molecule is CN1CC2(CC2)CNc2ccc(O)cc21. The molecule has 3 heteroatoms. The van der Waals surface area contributed by atoms with Crippen LogP contribution in [-0.4, -0.2) is 25.2 Å². The molecular formula is C12H16N2O. The number of phenols is 1. The summed E-state index contributed by atoms with van der Waals surface area (Å²) in [6, 6.07) is 5.54. The number of hydrogen-bond donors (Lipinski definition) is 2. The molecule has 0 bridgehead atoms. The molecule has 1 fully saturated rings. The molecule has 80 valence electrons. The molecule has 1 heterocycles. The predicted octanol–water partition coefficient (Wildman–Crippen LogP) is 2.03. The minimum atomic E-state index is 0.342. The summed E-state index contributed by atoms with van der Waals surface area (Å²) in [6.45, 7) is 2.16. The van der Waals surface area contributed by atoms with Crippen LogP contribution in [0.2, 0.25) is 0 Å². The number of rotatable bonds is 0. The molecule has 2 aliphatic rings. The van der Waals surface area contributed by atoms with Crippen molar-refractivity contribution in [2.24, 2.45) is 5.41 Å². The van der Waals surface area contributed by atoms with E-state index < -0.39 is 0 Å². The fourth-order valence-corrected chi connectivity index (χ4v) is 2.42. The number of hydrogen-bond acceptors (Lipinski definition) is 3. The van der Waals surface area contributed by atoms with Crippen molar-refractivity contribution in [2.45, 2.75) is 12.8 Å². The van der Waals surface area contributed by atoms with Crippen LogP contribution in [0.5, 0.6) is 5.75 Å². The lowest BCUT2D eigenvalue weighted by Gasteiger charge is -2.21. The Kier molecular flexibility index (Phi) is 1.67. The largest absolute Gasteiger partial charge is 0.508 e. The lowest BCUT2D eigenvalue weighted by molar-refractivity contribution is 0.475. The normalized spacial score (nSPS) is 21.8. The Labute approximate surface area is 89.7 Å². The van der Waals surface area contributed by atoms with Crippen molar-refractivity contribution in [1.82, 2.24) is 0 Å². The van der Waals surface area contributed by atoms with Crippen LogP contribution in [0.1, 0.15) is 12.8 Å². The van der Waals surface area contributed by atoms with E-state index in [1.54, 1.807) is 6.07 Å². The average molecular weight is 204 g/mol. The lowest BCUT2D eigenvalue weighted by atomic mass is 10.1. The first-order chi connectivity index (χ1) is 7.19. The van der Waals surface area contributed by atoms with Gasteiger partial charge in [-0.25, -0.2) is 0 Å². The van der Waals surface area contributed by atoms with E-state index in [1.807, 2.05) is 12.1 Å². The molecule has 1 aliphatic heterocycles. The maximum Gasteiger partial charge on any atom is 0.117 e. The van der Waals surface area contributed by atoms with Crippen molar-refractivity contribution >= 4 is 11.4 Å². The van der Waals surface area contributed by atoms with Crippen LogP contribution < -0.4 is 10.2 Å². The zero-order chi connectivity index (χ0) is 10.5. The van der Waals surface area contributed by atoms with Crippen molar-refractivity contribution < 1.29 is 5.11 Å². The minimum Gasteiger partial charge on any atom is -0.508 e. The molecule has 1 aromatic carbocycles. The van der Waals surface area contributed by atoms with Crippen LogP contribution in [0.3, 0.4) is 0 Å². The second kappa shape index (κ2) is 2.81. The third-order valence-corrected chi connectivity index (χ3v) is 3.58. The summed E-state index contributed by atoms with van der Waals surface area (Å²) in [5.41, 5.74) is 2.74. The summed E-state index contributed by atoms with van der Waals surface area (Å²) in [7, 11) is 2.10. The van der Waals surface area contributed by atoms with Gasteiger partial charge in [0.1, 0.15) is 5.75 Å². The summed E-state index contributed by atoms with van der Waals surface area (Å²) in [4.78, 5) is 2.25. The highest BCUT2D eigenvalue weighted by Crippen LogP contribution is 2.49. The number of fused-ring (bicyclic) bond motifs is 1. The quantitative estimate of drug-likeness (QED) is 0.635. The van der Waals surface area contributed by atoms with Crippen LogP contribution in [0.25, 0.3) is 0 Å². The van der Waals surface area contributed by atoms with Gasteiger partial charge in [-0.05, 0) is 25.0 Å². The summed E-state index contributed by atoms with van der Waals surface area (Å²) < 4.78 is 0. The lowest BCUT2D eigenvalue weighted by Crippen LogP contribution is -2.27. The Balaban J connectivity index is 2.00. The van der Waals surface area contributed by atoms with Crippen LogP contribution >= 0.6 is 0 Å². The van der Waals surface area contributed by atoms with E-state index in [2.05, 4.69) is 17.3 Å². The van der Waals surface area contributed by atoms with Gasteiger partial charge in [0.15, 0.2) is 0 Å². The van der Waals surface area contributed by atoms with Gasteiger partial charge in [-0.1, -0.05) is 0 Å². The third-order valence-electron chi connectivity index (χ3n) is 3.58.